The van der Waals surface area contributed by atoms with E-state index in [0.29, 0.717) is 11.1 Å². The third-order valence-corrected chi connectivity index (χ3v) is 6.49. The zero-order chi connectivity index (χ0) is 31.7. The number of aromatic hydroxyl groups is 1. The molecule has 4 amide bonds. The topological polar surface area (TPSA) is 267 Å². The highest BCUT2D eigenvalue weighted by atomic mass is 16.4. The van der Waals surface area contributed by atoms with Gasteiger partial charge in [-0.05, 0) is 35.7 Å². The lowest BCUT2D eigenvalue weighted by Crippen LogP contribution is -2.58. The number of amides is 4. The van der Waals surface area contributed by atoms with Crippen LogP contribution in [-0.4, -0.2) is 80.0 Å². The Kier molecular flexibility index (Phi) is 10.8. The van der Waals surface area contributed by atoms with Crippen LogP contribution in [0.1, 0.15) is 24.0 Å². The molecule has 0 aliphatic heterocycles. The van der Waals surface area contributed by atoms with Gasteiger partial charge in [0, 0.05) is 23.5 Å². The molecule has 11 N–H and O–H groups in total. The predicted molar refractivity (Wildman–Crippen MR) is 151 cm³/mol. The number of carbonyl (C=O) groups is 6. The SMILES string of the molecule is NC(=O)CC(NC(=O)C(CC(=O)O)NC(=O)C(N)Cc1ccc(O)cc1)C(=O)NC(Cc1c[nH]c2ccccc12)C(=O)O. The third-order valence-electron chi connectivity index (χ3n) is 6.49. The summed E-state index contributed by atoms with van der Waals surface area (Å²) in [4.78, 5) is 76.9. The van der Waals surface area contributed by atoms with Crippen molar-refractivity contribution in [2.24, 2.45) is 11.5 Å². The van der Waals surface area contributed by atoms with Gasteiger partial charge in [0.05, 0.1) is 18.9 Å². The average molecular weight is 597 g/mol. The summed E-state index contributed by atoms with van der Waals surface area (Å²) in [7, 11) is 0. The van der Waals surface area contributed by atoms with Crippen molar-refractivity contribution in [3.8, 4) is 5.75 Å². The van der Waals surface area contributed by atoms with Crippen molar-refractivity contribution >= 4 is 46.5 Å². The number of hydrogen-bond acceptors (Lipinski definition) is 8. The van der Waals surface area contributed by atoms with Crippen LogP contribution >= 0.6 is 0 Å². The smallest absolute Gasteiger partial charge is 0.326 e. The minimum absolute atomic E-state index is 0.00200. The number of aromatic amines is 1. The quantitative estimate of drug-likeness (QED) is 0.102. The molecule has 0 spiro atoms. The Morgan fingerprint density at radius 2 is 1.35 bits per heavy atom. The number of nitrogens with one attached hydrogen (secondary N) is 4. The van der Waals surface area contributed by atoms with Gasteiger partial charge in [0.15, 0.2) is 0 Å². The van der Waals surface area contributed by atoms with E-state index >= 15 is 0 Å². The molecular weight excluding hydrogens is 564 g/mol. The van der Waals surface area contributed by atoms with Crippen LogP contribution in [0.25, 0.3) is 10.9 Å². The molecule has 3 rings (SSSR count). The molecule has 1 aromatic heterocycles. The lowest BCUT2D eigenvalue weighted by Gasteiger charge is -2.24. The molecule has 0 bridgehead atoms. The van der Waals surface area contributed by atoms with E-state index in [1.807, 2.05) is 0 Å². The summed E-state index contributed by atoms with van der Waals surface area (Å²) in [5.41, 5.74) is 13.1. The number of carboxylic acid groups (broad SMARTS) is 2. The van der Waals surface area contributed by atoms with Crippen LogP contribution in [0.5, 0.6) is 5.75 Å². The first-order valence-electron chi connectivity index (χ1n) is 13.1. The van der Waals surface area contributed by atoms with E-state index in [2.05, 4.69) is 20.9 Å². The van der Waals surface area contributed by atoms with Gasteiger partial charge in [-0.15, -0.1) is 0 Å². The Labute approximate surface area is 244 Å². The third kappa shape index (κ3) is 9.29. The summed E-state index contributed by atoms with van der Waals surface area (Å²) in [6.07, 6.45) is -0.189. The Bertz CT molecular complexity index is 1500. The number of primary amides is 1. The minimum Gasteiger partial charge on any atom is -0.508 e. The first-order valence-corrected chi connectivity index (χ1v) is 13.1. The standard InChI is InChI=1S/C28H32N6O9/c29-18(9-14-5-7-16(35)8-6-14)25(39)32-21(12-24(37)38)27(41)33-20(11-23(30)36)26(40)34-22(28(42)43)10-15-13-31-19-4-2-1-3-17(15)19/h1-8,13,18,20-22,31,35H,9-12,29H2,(H2,30,36)(H,32,39)(H,33,41)(H,34,40)(H,37,38)(H,42,43). The summed E-state index contributed by atoms with van der Waals surface area (Å²) in [5.74, 6) is -6.95. The van der Waals surface area contributed by atoms with Crippen LogP contribution in [0.3, 0.4) is 0 Å². The number of fused-ring (bicyclic) bond motifs is 1. The Morgan fingerprint density at radius 3 is 1.95 bits per heavy atom. The molecule has 0 aliphatic rings. The van der Waals surface area contributed by atoms with Gasteiger partial charge in [-0.25, -0.2) is 4.79 Å². The number of para-hydroxylation sites is 1. The molecule has 15 heteroatoms. The van der Waals surface area contributed by atoms with Gasteiger partial charge < -0.3 is 47.7 Å². The van der Waals surface area contributed by atoms with E-state index in [0.717, 1.165) is 10.9 Å². The lowest BCUT2D eigenvalue weighted by molar-refractivity contribution is -0.143. The van der Waals surface area contributed by atoms with Gasteiger partial charge in [0.1, 0.15) is 23.9 Å². The number of carbonyl (C=O) groups excluding carboxylic acids is 4. The number of benzene rings is 2. The highest BCUT2D eigenvalue weighted by molar-refractivity contribution is 5.97. The molecule has 0 aliphatic carbocycles. The molecule has 0 saturated carbocycles. The zero-order valence-corrected chi connectivity index (χ0v) is 22.8. The number of H-pyrrole nitrogens is 1. The fourth-order valence-corrected chi connectivity index (χ4v) is 4.32. The summed E-state index contributed by atoms with van der Waals surface area (Å²) in [6, 6.07) is 6.88. The number of nitrogens with two attached hydrogens (primary N) is 2. The van der Waals surface area contributed by atoms with Crippen molar-refractivity contribution in [3.63, 3.8) is 0 Å². The monoisotopic (exact) mass is 596 g/mol. The summed E-state index contributed by atoms with van der Waals surface area (Å²) in [5, 5.41) is 35.9. The van der Waals surface area contributed by atoms with Gasteiger partial charge in [-0.3, -0.25) is 24.0 Å². The fourth-order valence-electron chi connectivity index (χ4n) is 4.32. The number of phenols is 1. The number of aromatic nitrogens is 1. The van der Waals surface area contributed by atoms with Gasteiger partial charge >= 0.3 is 11.9 Å². The molecule has 3 aromatic rings. The van der Waals surface area contributed by atoms with E-state index in [1.165, 1.54) is 24.3 Å². The lowest BCUT2D eigenvalue weighted by atomic mass is 10.0. The number of hydrogen-bond donors (Lipinski definition) is 9. The van der Waals surface area contributed by atoms with Crippen LogP contribution < -0.4 is 27.4 Å². The Hall–Kier alpha value is -5.44. The molecule has 43 heavy (non-hydrogen) atoms. The molecule has 15 nitrogen and oxygen atoms in total. The number of carboxylic acids is 2. The van der Waals surface area contributed by atoms with E-state index < -0.39 is 72.6 Å². The number of phenolic OH excluding ortho intramolecular Hbond substituents is 1. The molecule has 0 radical (unpaired) electrons. The normalized spacial score (nSPS) is 13.7. The van der Waals surface area contributed by atoms with Crippen LogP contribution in [0, 0.1) is 0 Å². The van der Waals surface area contributed by atoms with Crippen LogP contribution in [0.4, 0.5) is 0 Å². The van der Waals surface area contributed by atoms with Crippen LogP contribution in [0.15, 0.2) is 54.7 Å². The second-order valence-electron chi connectivity index (χ2n) is 9.83. The maximum atomic E-state index is 13.1. The molecule has 2 aromatic carbocycles. The first-order chi connectivity index (χ1) is 20.3. The largest absolute Gasteiger partial charge is 0.508 e. The van der Waals surface area contributed by atoms with E-state index in [9.17, 15) is 44.1 Å². The molecule has 4 atom stereocenters. The minimum atomic E-state index is -1.71. The predicted octanol–water partition coefficient (Wildman–Crippen LogP) is -1.12. The van der Waals surface area contributed by atoms with Crippen molar-refractivity contribution in [1.82, 2.24) is 20.9 Å². The van der Waals surface area contributed by atoms with Gasteiger partial charge in [0.2, 0.25) is 23.6 Å². The van der Waals surface area contributed by atoms with E-state index in [1.54, 1.807) is 30.5 Å². The maximum Gasteiger partial charge on any atom is 0.326 e. The molecule has 0 saturated heterocycles. The Morgan fingerprint density at radius 1 is 0.767 bits per heavy atom. The van der Waals surface area contributed by atoms with Crippen LogP contribution in [-0.2, 0) is 41.6 Å². The fraction of sp³-hybridized carbons (Fsp3) is 0.286. The number of aliphatic carboxylic acids is 2. The Balaban J connectivity index is 1.71. The summed E-state index contributed by atoms with van der Waals surface area (Å²) >= 11 is 0. The van der Waals surface area contributed by atoms with Crippen molar-refractivity contribution in [2.45, 2.75) is 49.9 Å². The second-order valence-corrected chi connectivity index (χ2v) is 9.83. The van der Waals surface area contributed by atoms with Crippen molar-refractivity contribution < 1.29 is 44.1 Å². The molecule has 0 fully saturated rings. The molecule has 228 valence electrons. The van der Waals surface area contributed by atoms with Gasteiger partial charge in [0.25, 0.3) is 0 Å². The van der Waals surface area contributed by atoms with Crippen LogP contribution in [0.2, 0.25) is 0 Å². The molecule has 4 unspecified atom stereocenters. The summed E-state index contributed by atoms with van der Waals surface area (Å²) < 4.78 is 0. The second kappa shape index (κ2) is 14.5. The molecule has 1 heterocycles. The van der Waals surface area contributed by atoms with E-state index in [-0.39, 0.29) is 18.6 Å². The van der Waals surface area contributed by atoms with Gasteiger partial charge in [-0.2, -0.15) is 0 Å². The van der Waals surface area contributed by atoms with Gasteiger partial charge in [-0.1, -0.05) is 30.3 Å². The average Bonchev–Trinajstić information content (AvgIpc) is 3.35. The highest BCUT2D eigenvalue weighted by Crippen LogP contribution is 2.19. The molecular formula is C28H32N6O9. The maximum absolute atomic E-state index is 13.1. The van der Waals surface area contributed by atoms with Crippen molar-refractivity contribution in [3.05, 3.63) is 65.9 Å². The number of rotatable bonds is 15. The van der Waals surface area contributed by atoms with Crippen molar-refractivity contribution in [1.29, 1.82) is 0 Å². The first kappa shape index (κ1) is 32.1. The van der Waals surface area contributed by atoms with Crippen molar-refractivity contribution in [2.75, 3.05) is 0 Å². The highest BCUT2D eigenvalue weighted by Gasteiger charge is 2.32. The van der Waals surface area contributed by atoms with E-state index in [4.69, 9.17) is 11.5 Å². The summed E-state index contributed by atoms with van der Waals surface area (Å²) in [6.45, 7) is 0. The zero-order valence-electron chi connectivity index (χ0n) is 22.8.